The Morgan fingerprint density at radius 1 is 1.50 bits per heavy atom. The van der Waals surface area contributed by atoms with Crippen molar-refractivity contribution in [2.45, 2.75) is 18.9 Å². The normalized spacial score (nSPS) is 12.7. The summed E-state index contributed by atoms with van der Waals surface area (Å²) in [5.41, 5.74) is 1.79. The van der Waals surface area contributed by atoms with Gasteiger partial charge in [0.1, 0.15) is 5.82 Å². The maximum absolute atomic E-state index is 12.9. The Labute approximate surface area is 113 Å². The van der Waals surface area contributed by atoms with Crippen molar-refractivity contribution >= 4 is 15.9 Å². The standard InChI is InChI=1S/C13H14BrFN2O/c1-17-8-9(7-16-17)2-5-13(18)11-4-3-10(15)6-12(11)14/h3-4,6-8,13,18H,2,5H2,1H3. The Balaban J connectivity index is 2.01. The van der Waals surface area contributed by atoms with Gasteiger partial charge in [-0.15, -0.1) is 0 Å². The van der Waals surface area contributed by atoms with Gasteiger partial charge >= 0.3 is 0 Å². The first-order valence-electron chi connectivity index (χ1n) is 5.67. The molecule has 0 fully saturated rings. The molecule has 0 radical (unpaired) electrons. The van der Waals surface area contributed by atoms with Gasteiger partial charge in [-0.05, 0) is 36.1 Å². The molecule has 0 aliphatic rings. The van der Waals surface area contributed by atoms with Gasteiger partial charge in [0.15, 0.2) is 0 Å². The van der Waals surface area contributed by atoms with E-state index in [2.05, 4.69) is 21.0 Å². The second-order valence-electron chi connectivity index (χ2n) is 4.24. The number of aliphatic hydroxyl groups is 1. The lowest BCUT2D eigenvalue weighted by atomic mass is 10.0. The lowest BCUT2D eigenvalue weighted by Crippen LogP contribution is -2.00. The fourth-order valence-electron chi connectivity index (χ4n) is 1.83. The van der Waals surface area contributed by atoms with Crippen LogP contribution >= 0.6 is 15.9 Å². The van der Waals surface area contributed by atoms with Crippen molar-refractivity contribution in [3.63, 3.8) is 0 Å². The second kappa shape index (κ2) is 5.63. The molecule has 2 rings (SSSR count). The van der Waals surface area contributed by atoms with Crippen LogP contribution in [-0.4, -0.2) is 14.9 Å². The van der Waals surface area contributed by atoms with Gasteiger partial charge < -0.3 is 5.11 Å². The number of hydrogen-bond donors (Lipinski definition) is 1. The summed E-state index contributed by atoms with van der Waals surface area (Å²) in [4.78, 5) is 0. The van der Waals surface area contributed by atoms with Crippen molar-refractivity contribution in [3.05, 3.63) is 52.0 Å². The predicted molar refractivity (Wildman–Crippen MR) is 70.6 cm³/mol. The van der Waals surface area contributed by atoms with Crippen LogP contribution in [0.3, 0.4) is 0 Å². The highest BCUT2D eigenvalue weighted by molar-refractivity contribution is 9.10. The molecule has 0 spiro atoms. The highest BCUT2D eigenvalue weighted by atomic mass is 79.9. The van der Waals surface area contributed by atoms with E-state index >= 15 is 0 Å². The minimum atomic E-state index is -0.611. The molecule has 1 aromatic heterocycles. The van der Waals surface area contributed by atoms with Crippen molar-refractivity contribution in [2.75, 3.05) is 0 Å². The van der Waals surface area contributed by atoms with Crippen molar-refractivity contribution in [1.82, 2.24) is 9.78 Å². The van der Waals surface area contributed by atoms with Crippen molar-refractivity contribution in [3.8, 4) is 0 Å². The zero-order valence-corrected chi connectivity index (χ0v) is 11.6. The predicted octanol–water partition coefficient (Wildman–Crippen LogP) is 2.99. The largest absolute Gasteiger partial charge is 0.388 e. The molecule has 0 aliphatic heterocycles. The number of halogens is 2. The molecule has 0 saturated heterocycles. The molecule has 5 heteroatoms. The Hall–Kier alpha value is -1.20. The summed E-state index contributed by atoms with van der Waals surface area (Å²) >= 11 is 3.26. The van der Waals surface area contributed by atoms with E-state index in [0.29, 0.717) is 16.5 Å². The van der Waals surface area contributed by atoms with Gasteiger partial charge in [-0.1, -0.05) is 22.0 Å². The highest BCUT2D eigenvalue weighted by Gasteiger charge is 2.12. The number of rotatable bonds is 4. The first kappa shape index (κ1) is 13.2. The smallest absolute Gasteiger partial charge is 0.124 e. The van der Waals surface area contributed by atoms with E-state index in [-0.39, 0.29) is 5.82 Å². The third kappa shape index (κ3) is 3.17. The molecular formula is C13H14BrFN2O. The van der Waals surface area contributed by atoms with Crippen LogP contribution in [0.5, 0.6) is 0 Å². The Kier molecular flexibility index (Phi) is 4.14. The minimum Gasteiger partial charge on any atom is -0.388 e. The summed E-state index contributed by atoms with van der Waals surface area (Å²) in [7, 11) is 1.86. The van der Waals surface area contributed by atoms with Gasteiger partial charge in [0.25, 0.3) is 0 Å². The number of nitrogens with zero attached hydrogens (tertiary/aromatic N) is 2. The van der Waals surface area contributed by atoms with Crippen LogP contribution in [0.4, 0.5) is 4.39 Å². The summed E-state index contributed by atoms with van der Waals surface area (Å²) in [6.07, 6.45) is 4.41. The summed E-state index contributed by atoms with van der Waals surface area (Å²) in [5, 5.41) is 14.2. The molecular weight excluding hydrogens is 299 g/mol. The Morgan fingerprint density at radius 2 is 2.28 bits per heavy atom. The van der Waals surface area contributed by atoms with Crippen molar-refractivity contribution in [1.29, 1.82) is 0 Å². The van der Waals surface area contributed by atoms with Gasteiger partial charge in [-0.2, -0.15) is 5.10 Å². The SMILES string of the molecule is Cn1cc(CCC(O)c2ccc(F)cc2Br)cn1. The zero-order chi connectivity index (χ0) is 13.1. The molecule has 0 aliphatic carbocycles. The van der Waals surface area contributed by atoms with Gasteiger partial charge in [0.05, 0.1) is 12.3 Å². The molecule has 1 unspecified atom stereocenters. The minimum absolute atomic E-state index is 0.315. The van der Waals surface area contributed by atoms with Crippen LogP contribution in [0.25, 0.3) is 0 Å². The lowest BCUT2D eigenvalue weighted by molar-refractivity contribution is 0.167. The molecule has 1 heterocycles. The average molecular weight is 313 g/mol. The molecule has 1 atom stereocenters. The van der Waals surface area contributed by atoms with Crippen LogP contribution < -0.4 is 0 Å². The van der Waals surface area contributed by atoms with E-state index in [4.69, 9.17) is 0 Å². The first-order chi connectivity index (χ1) is 8.56. The molecule has 1 aromatic carbocycles. The van der Waals surface area contributed by atoms with Crippen LogP contribution in [0.15, 0.2) is 35.1 Å². The molecule has 96 valence electrons. The zero-order valence-electron chi connectivity index (χ0n) is 9.98. The van der Waals surface area contributed by atoms with Crippen LogP contribution in [0.2, 0.25) is 0 Å². The summed E-state index contributed by atoms with van der Waals surface area (Å²) < 4.78 is 15.3. The fourth-order valence-corrected chi connectivity index (χ4v) is 2.45. The van der Waals surface area contributed by atoms with Crippen LogP contribution in [0.1, 0.15) is 23.7 Å². The molecule has 1 N–H and O–H groups in total. The van der Waals surface area contributed by atoms with Crippen LogP contribution in [-0.2, 0) is 13.5 Å². The molecule has 0 saturated carbocycles. The monoisotopic (exact) mass is 312 g/mol. The summed E-state index contributed by atoms with van der Waals surface area (Å²) in [6, 6.07) is 4.32. The summed E-state index contributed by atoms with van der Waals surface area (Å²) in [6.45, 7) is 0. The van der Waals surface area contributed by atoms with E-state index in [0.717, 1.165) is 12.0 Å². The maximum Gasteiger partial charge on any atom is 0.124 e. The van der Waals surface area contributed by atoms with Gasteiger partial charge in [0.2, 0.25) is 0 Å². The molecule has 18 heavy (non-hydrogen) atoms. The number of aryl methyl sites for hydroxylation is 2. The van der Waals surface area contributed by atoms with Gasteiger partial charge in [0, 0.05) is 17.7 Å². The summed E-state index contributed by atoms with van der Waals surface area (Å²) in [5.74, 6) is -0.315. The first-order valence-corrected chi connectivity index (χ1v) is 6.46. The molecule has 0 amide bonds. The quantitative estimate of drug-likeness (QED) is 0.942. The highest BCUT2D eigenvalue weighted by Crippen LogP contribution is 2.27. The fraction of sp³-hybridized carbons (Fsp3) is 0.308. The second-order valence-corrected chi connectivity index (χ2v) is 5.10. The Bertz CT molecular complexity index is 542. The van der Waals surface area contributed by atoms with Crippen molar-refractivity contribution < 1.29 is 9.50 Å². The van der Waals surface area contributed by atoms with E-state index in [1.54, 1.807) is 16.9 Å². The van der Waals surface area contributed by atoms with Crippen molar-refractivity contribution in [2.24, 2.45) is 7.05 Å². The number of benzene rings is 1. The molecule has 3 nitrogen and oxygen atoms in total. The Morgan fingerprint density at radius 3 is 2.89 bits per heavy atom. The van der Waals surface area contributed by atoms with Crippen LogP contribution in [0, 0.1) is 5.82 Å². The lowest BCUT2D eigenvalue weighted by Gasteiger charge is -2.12. The average Bonchev–Trinajstić information content (AvgIpc) is 2.72. The van der Waals surface area contributed by atoms with Gasteiger partial charge in [-0.25, -0.2) is 4.39 Å². The topological polar surface area (TPSA) is 38.0 Å². The van der Waals surface area contributed by atoms with E-state index in [1.807, 2.05) is 13.2 Å². The number of aliphatic hydroxyl groups excluding tert-OH is 1. The number of hydrogen-bond acceptors (Lipinski definition) is 2. The molecule has 0 bridgehead atoms. The third-order valence-corrected chi connectivity index (χ3v) is 3.47. The third-order valence-electron chi connectivity index (χ3n) is 2.79. The molecule has 2 aromatic rings. The number of aromatic nitrogens is 2. The van der Waals surface area contributed by atoms with E-state index in [9.17, 15) is 9.50 Å². The van der Waals surface area contributed by atoms with E-state index < -0.39 is 6.10 Å². The maximum atomic E-state index is 12.9. The van der Waals surface area contributed by atoms with Gasteiger partial charge in [-0.3, -0.25) is 4.68 Å². The van der Waals surface area contributed by atoms with E-state index in [1.165, 1.54) is 12.1 Å².